The Labute approximate surface area is 68.3 Å². The Bertz CT molecular complexity index is 153. The van der Waals surface area contributed by atoms with E-state index in [0.29, 0.717) is 23.7 Å². The lowest BCUT2D eigenvalue weighted by atomic mass is 9.77. The lowest BCUT2D eigenvalue weighted by molar-refractivity contribution is -0.182. The van der Waals surface area contributed by atoms with Crippen molar-refractivity contribution >= 4 is 0 Å². The van der Waals surface area contributed by atoms with E-state index < -0.39 is 0 Å². The third kappa shape index (κ3) is 1.18. The largest absolute Gasteiger partial charge is 0.372 e. The predicted octanol–water partition coefficient (Wildman–Crippen LogP) is 1.16. The van der Waals surface area contributed by atoms with Gasteiger partial charge in [0.25, 0.3) is 0 Å². The van der Waals surface area contributed by atoms with Crippen LogP contribution in [0.2, 0.25) is 0 Å². The number of piperidine rings is 1. The number of rotatable bonds is 0. The minimum Gasteiger partial charge on any atom is -0.372 e. The van der Waals surface area contributed by atoms with E-state index in [1.165, 1.54) is 6.42 Å². The highest BCUT2D eigenvalue weighted by atomic mass is 16.5. The third-order valence-corrected chi connectivity index (χ3v) is 2.73. The second-order valence-corrected chi connectivity index (χ2v) is 4.78. The van der Waals surface area contributed by atoms with E-state index in [-0.39, 0.29) is 0 Å². The van der Waals surface area contributed by atoms with Crippen molar-refractivity contribution in [3.63, 3.8) is 0 Å². The van der Waals surface area contributed by atoms with E-state index in [1.807, 2.05) is 0 Å². The molecule has 11 heavy (non-hydrogen) atoms. The van der Waals surface area contributed by atoms with Crippen LogP contribution >= 0.6 is 0 Å². The summed E-state index contributed by atoms with van der Waals surface area (Å²) in [7, 11) is 0. The van der Waals surface area contributed by atoms with Gasteiger partial charge >= 0.3 is 0 Å². The SMILES string of the molecule is CC(C)(C)C1NCC2CC1O2. The third-order valence-electron chi connectivity index (χ3n) is 2.73. The van der Waals surface area contributed by atoms with E-state index in [4.69, 9.17) is 4.74 Å². The topological polar surface area (TPSA) is 21.3 Å². The van der Waals surface area contributed by atoms with Gasteiger partial charge in [0.05, 0.1) is 12.2 Å². The van der Waals surface area contributed by atoms with Crippen LogP contribution in [0.1, 0.15) is 27.2 Å². The molecular formula is C9H17NO. The normalized spacial score (nSPS) is 43.4. The summed E-state index contributed by atoms with van der Waals surface area (Å²) >= 11 is 0. The maximum absolute atomic E-state index is 5.65. The number of hydrogen-bond acceptors (Lipinski definition) is 2. The minimum atomic E-state index is 0.343. The molecule has 0 aliphatic carbocycles. The molecule has 0 saturated carbocycles. The Balaban J connectivity index is 2.03. The van der Waals surface area contributed by atoms with Gasteiger partial charge in [0.2, 0.25) is 0 Å². The zero-order chi connectivity index (χ0) is 8.06. The quantitative estimate of drug-likeness (QED) is 0.567. The first-order chi connectivity index (χ1) is 5.07. The average molecular weight is 155 g/mol. The molecule has 3 aliphatic rings. The lowest BCUT2D eigenvalue weighted by Crippen LogP contribution is -2.65. The van der Waals surface area contributed by atoms with Gasteiger partial charge in [-0.3, -0.25) is 0 Å². The van der Waals surface area contributed by atoms with E-state index in [9.17, 15) is 0 Å². The molecule has 0 spiro atoms. The van der Waals surface area contributed by atoms with Crippen LogP contribution in [0.3, 0.4) is 0 Å². The van der Waals surface area contributed by atoms with Gasteiger partial charge in [-0.15, -0.1) is 0 Å². The first-order valence-corrected chi connectivity index (χ1v) is 4.46. The van der Waals surface area contributed by atoms with Crippen LogP contribution < -0.4 is 5.32 Å². The van der Waals surface area contributed by atoms with Gasteiger partial charge in [0.1, 0.15) is 0 Å². The molecule has 3 fully saturated rings. The van der Waals surface area contributed by atoms with Crippen molar-refractivity contribution in [3.8, 4) is 0 Å². The summed E-state index contributed by atoms with van der Waals surface area (Å²) in [5.74, 6) is 0. The monoisotopic (exact) mass is 155 g/mol. The highest BCUT2D eigenvalue weighted by Gasteiger charge is 2.45. The van der Waals surface area contributed by atoms with Crippen LogP contribution in [0.5, 0.6) is 0 Å². The van der Waals surface area contributed by atoms with Crippen LogP contribution in [0.15, 0.2) is 0 Å². The highest BCUT2D eigenvalue weighted by molar-refractivity contribution is 4.99. The fraction of sp³-hybridized carbons (Fsp3) is 1.00. The van der Waals surface area contributed by atoms with Crippen molar-refractivity contribution in [2.24, 2.45) is 5.41 Å². The second kappa shape index (κ2) is 2.20. The lowest BCUT2D eigenvalue weighted by Gasteiger charge is -2.51. The summed E-state index contributed by atoms with van der Waals surface area (Å²) in [5.41, 5.74) is 0.343. The Morgan fingerprint density at radius 3 is 2.27 bits per heavy atom. The van der Waals surface area contributed by atoms with Gasteiger partial charge in [0, 0.05) is 19.0 Å². The summed E-state index contributed by atoms with van der Waals surface area (Å²) < 4.78 is 5.65. The zero-order valence-electron chi connectivity index (χ0n) is 7.55. The zero-order valence-corrected chi connectivity index (χ0v) is 7.55. The molecule has 0 aromatic rings. The molecule has 2 heteroatoms. The van der Waals surface area contributed by atoms with Crippen LogP contribution in [0.25, 0.3) is 0 Å². The van der Waals surface area contributed by atoms with Gasteiger partial charge in [-0.25, -0.2) is 0 Å². The molecule has 1 N–H and O–H groups in total. The van der Waals surface area contributed by atoms with Gasteiger partial charge in [-0.2, -0.15) is 0 Å². The standard InChI is InChI=1S/C9H17NO/c1-9(2,3)8-7-4-6(11-7)5-10-8/h6-8,10H,4-5H2,1-3H3. The molecule has 3 saturated heterocycles. The fourth-order valence-corrected chi connectivity index (χ4v) is 2.10. The molecule has 0 amide bonds. The maximum Gasteiger partial charge on any atom is 0.0762 e. The summed E-state index contributed by atoms with van der Waals surface area (Å²) in [4.78, 5) is 0. The van der Waals surface area contributed by atoms with E-state index in [0.717, 1.165) is 6.54 Å². The average Bonchev–Trinajstić information content (AvgIpc) is 1.84. The van der Waals surface area contributed by atoms with Gasteiger partial charge in [-0.05, 0) is 5.41 Å². The summed E-state index contributed by atoms with van der Waals surface area (Å²) in [6.45, 7) is 7.87. The Morgan fingerprint density at radius 2 is 2.00 bits per heavy atom. The molecule has 3 heterocycles. The number of nitrogens with one attached hydrogen (secondary N) is 1. The number of fused-ring (bicyclic) bond motifs is 2. The molecule has 0 aromatic heterocycles. The summed E-state index contributed by atoms with van der Waals surface area (Å²) in [6, 6.07) is 0.562. The molecule has 3 aliphatic heterocycles. The molecule has 2 bridgehead atoms. The molecule has 3 atom stereocenters. The van der Waals surface area contributed by atoms with Crippen molar-refractivity contribution in [2.75, 3.05) is 6.54 Å². The van der Waals surface area contributed by atoms with Gasteiger partial charge in [-0.1, -0.05) is 20.8 Å². The van der Waals surface area contributed by atoms with E-state index in [2.05, 4.69) is 26.1 Å². The number of ether oxygens (including phenoxy) is 1. The molecule has 0 aromatic carbocycles. The van der Waals surface area contributed by atoms with Crippen LogP contribution in [0, 0.1) is 5.41 Å². The van der Waals surface area contributed by atoms with Crippen molar-refractivity contribution in [3.05, 3.63) is 0 Å². The fourth-order valence-electron chi connectivity index (χ4n) is 2.10. The molecule has 0 radical (unpaired) electrons. The van der Waals surface area contributed by atoms with E-state index in [1.54, 1.807) is 0 Å². The second-order valence-electron chi connectivity index (χ2n) is 4.78. The summed E-state index contributed by atoms with van der Waals surface area (Å²) in [6.07, 6.45) is 2.29. The first-order valence-electron chi connectivity index (χ1n) is 4.46. The van der Waals surface area contributed by atoms with Crippen LogP contribution in [0.4, 0.5) is 0 Å². The minimum absolute atomic E-state index is 0.343. The Kier molecular flexibility index (Phi) is 1.52. The van der Waals surface area contributed by atoms with Crippen molar-refractivity contribution in [1.82, 2.24) is 5.32 Å². The number of hydrogen-bond donors (Lipinski definition) is 1. The first kappa shape index (κ1) is 7.56. The number of morpholine rings is 1. The molecule has 3 unspecified atom stereocenters. The van der Waals surface area contributed by atoms with Crippen molar-refractivity contribution in [2.45, 2.75) is 45.4 Å². The highest BCUT2D eigenvalue weighted by Crippen LogP contribution is 2.35. The molecular weight excluding hydrogens is 138 g/mol. The van der Waals surface area contributed by atoms with E-state index >= 15 is 0 Å². The molecule has 3 rings (SSSR count). The smallest absolute Gasteiger partial charge is 0.0762 e. The maximum atomic E-state index is 5.65. The Morgan fingerprint density at radius 1 is 1.36 bits per heavy atom. The Hall–Kier alpha value is -0.0800. The van der Waals surface area contributed by atoms with Gasteiger partial charge in [0.15, 0.2) is 0 Å². The summed E-state index contributed by atoms with van der Waals surface area (Å²) in [5, 5.41) is 3.53. The predicted molar refractivity (Wildman–Crippen MR) is 44.5 cm³/mol. The molecule has 2 nitrogen and oxygen atoms in total. The van der Waals surface area contributed by atoms with Crippen molar-refractivity contribution < 1.29 is 4.74 Å². The van der Waals surface area contributed by atoms with Gasteiger partial charge < -0.3 is 10.1 Å². The van der Waals surface area contributed by atoms with Crippen LogP contribution in [-0.4, -0.2) is 24.8 Å². The molecule has 64 valence electrons. The van der Waals surface area contributed by atoms with Crippen molar-refractivity contribution in [1.29, 1.82) is 0 Å². The van der Waals surface area contributed by atoms with Crippen LogP contribution in [-0.2, 0) is 4.74 Å².